The number of carbonyl (C=O) groups excluding carboxylic acids is 1. The summed E-state index contributed by atoms with van der Waals surface area (Å²) < 4.78 is 36.1. The van der Waals surface area contributed by atoms with E-state index in [1.165, 1.54) is 0 Å². The molecule has 2 unspecified atom stereocenters. The van der Waals surface area contributed by atoms with Crippen LogP contribution >= 0.6 is 22.3 Å². The number of halogens is 3. The lowest BCUT2D eigenvalue weighted by atomic mass is 10.2. The number of carbonyl (C=O) groups is 1. The highest BCUT2D eigenvalue weighted by Crippen LogP contribution is 2.35. The van der Waals surface area contributed by atoms with Gasteiger partial charge in [-0.25, -0.2) is 12.8 Å². The standard InChI is InChI=1S/C13H14Cl2FNO3S/c1-2-3-7-4-11(7)17-13(18)8-5-12(21(15,19)20)10(16)6-9(8)14/h5-7,11H,2-4H2,1H3,(H,17,18). The highest BCUT2D eigenvalue weighted by atomic mass is 35.7. The van der Waals surface area contributed by atoms with Gasteiger partial charge in [0, 0.05) is 16.7 Å². The second-order valence-electron chi connectivity index (χ2n) is 5.06. The van der Waals surface area contributed by atoms with E-state index in [1.54, 1.807) is 0 Å². The molecule has 1 fully saturated rings. The lowest BCUT2D eigenvalue weighted by Crippen LogP contribution is -2.27. The fourth-order valence-corrected chi connectivity index (χ4v) is 3.39. The summed E-state index contributed by atoms with van der Waals surface area (Å²) in [6.45, 7) is 2.06. The topological polar surface area (TPSA) is 63.2 Å². The van der Waals surface area contributed by atoms with Gasteiger partial charge in [0.15, 0.2) is 0 Å². The Morgan fingerprint density at radius 1 is 1.48 bits per heavy atom. The number of rotatable bonds is 5. The molecule has 1 aromatic rings. The maximum atomic E-state index is 13.5. The van der Waals surface area contributed by atoms with E-state index in [4.69, 9.17) is 22.3 Å². The minimum absolute atomic E-state index is 0.0645. The molecule has 0 spiro atoms. The quantitative estimate of drug-likeness (QED) is 0.825. The van der Waals surface area contributed by atoms with E-state index in [-0.39, 0.29) is 16.6 Å². The van der Waals surface area contributed by atoms with Crippen LogP contribution in [-0.2, 0) is 9.05 Å². The summed E-state index contributed by atoms with van der Waals surface area (Å²) >= 11 is 5.81. The first-order valence-electron chi connectivity index (χ1n) is 6.48. The molecular formula is C13H14Cl2FNO3S. The molecule has 2 atom stereocenters. The third-order valence-corrected chi connectivity index (χ3v) is 5.08. The zero-order chi connectivity index (χ0) is 15.8. The summed E-state index contributed by atoms with van der Waals surface area (Å²) in [5.74, 6) is -1.17. The predicted molar refractivity (Wildman–Crippen MR) is 78.7 cm³/mol. The Bertz CT molecular complexity index is 678. The fourth-order valence-electron chi connectivity index (χ4n) is 2.25. The van der Waals surface area contributed by atoms with Crippen LogP contribution in [0.3, 0.4) is 0 Å². The van der Waals surface area contributed by atoms with E-state index >= 15 is 0 Å². The SMILES string of the molecule is CCCC1CC1NC(=O)c1cc(S(=O)(=O)Cl)c(F)cc1Cl. The summed E-state index contributed by atoms with van der Waals surface area (Å²) in [7, 11) is 0.853. The zero-order valence-electron chi connectivity index (χ0n) is 11.2. The largest absolute Gasteiger partial charge is 0.349 e. The Morgan fingerprint density at radius 3 is 2.71 bits per heavy atom. The van der Waals surface area contributed by atoms with Gasteiger partial charge in [0.1, 0.15) is 10.7 Å². The fraction of sp³-hybridized carbons (Fsp3) is 0.462. The maximum Gasteiger partial charge on any atom is 0.264 e. The molecular weight excluding hydrogens is 340 g/mol. The molecule has 1 aromatic carbocycles. The second-order valence-corrected chi connectivity index (χ2v) is 8.01. The van der Waals surface area contributed by atoms with Gasteiger partial charge in [-0.05, 0) is 30.9 Å². The summed E-state index contributed by atoms with van der Waals surface area (Å²) in [5, 5.41) is 2.61. The van der Waals surface area contributed by atoms with Gasteiger partial charge in [-0.3, -0.25) is 4.79 Å². The molecule has 4 nitrogen and oxygen atoms in total. The minimum atomic E-state index is -4.28. The molecule has 21 heavy (non-hydrogen) atoms. The van der Waals surface area contributed by atoms with E-state index in [0.717, 1.165) is 31.4 Å². The summed E-state index contributed by atoms with van der Waals surface area (Å²) in [6, 6.07) is 1.71. The third kappa shape index (κ3) is 3.87. The van der Waals surface area contributed by atoms with Gasteiger partial charge >= 0.3 is 0 Å². The van der Waals surface area contributed by atoms with Gasteiger partial charge in [-0.1, -0.05) is 24.9 Å². The number of nitrogens with one attached hydrogen (secondary N) is 1. The molecule has 0 radical (unpaired) electrons. The molecule has 1 amide bonds. The van der Waals surface area contributed by atoms with Gasteiger partial charge in [0.2, 0.25) is 0 Å². The molecule has 116 valence electrons. The van der Waals surface area contributed by atoms with E-state index in [2.05, 4.69) is 12.2 Å². The van der Waals surface area contributed by atoms with Crippen molar-refractivity contribution in [1.29, 1.82) is 0 Å². The van der Waals surface area contributed by atoms with Gasteiger partial charge in [0.05, 0.1) is 10.6 Å². The van der Waals surface area contributed by atoms with Crippen LogP contribution in [0.25, 0.3) is 0 Å². The first-order valence-corrected chi connectivity index (χ1v) is 9.17. The van der Waals surface area contributed by atoms with Crippen LogP contribution in [0.5, 0.6) is 0 Å². The van der Waals surface area contributed by atoms with Gasteiger partial charge in [-0.2, -0.15) is 0 Å². The van der Waals surface area contributed by atoms with Crippen molar-refractivity contribution in [3.8, 4) is 0 Å². The van der Waals surface area contributed by atoms with Crippen LogP contribution in [-0.4, -0.2) is 20.4 Å². The van der Waals surface area contributed by atoms with Crippen molar-refractivity contribution in [3.63, 3.8) is 0 Å². The van der Waals surface area contributed by atoms with Crippen molar-refractivity contribution >= 4 is 37.2 Å². The number of hydrogen-bond donors (Lipinski definition) is 1. The lowest BCUT2D eigenvalue weighted by molar-refractivity contribution is 0.0948. The van der Waals surface area contributed by atoms with E-state index < -0.39 is 25.7 Å². The minimum Gasteiger partial charge on any atom is -0.349 e. The molecule has 8 heteroatoms. The van der Waals surface area contributed by atoms with E-state index in [0.29, 0.717) is 5.92 Å². The Balaban J connectivity index is 2.22. The highest BCUT2D eigenvalue weighted by Gasteiger charge is 2.37. The van der Waals surface area contributed by atoms with Crippen LogP contribution in [0.15, 0.2) is 17.0 Å². The average Bonchev–Trinajstić information content (AvgIpc) is 3.05. The average molecular weight is 354 g/mol. The van der Waals surface area contributed by atoms with Crippen LogP contribution in [0.1, 0.15) is 36.5 Å². The molecule has 0 saturated heterocycles. The van der Waals surface area contributed by atoms with Gasteiger partial charge in [0.25, 0.3) is 15.0 Å². The number of benzene rings is 1. The maximum absolute atomic E-state index is 13.5. The summed E-state index contributed by atoms with van der Waals surface area (Å²) in [5.41, 5.74) is -0.0977. The van der Waals surface area contributed by atoms with Crippen LogP contribution in [0.2, 0.25) is 5.02 Å². The number of amides is 1. The number of hydrogen-bond acceptors (Lipinski definition) is 3. The highest BCUT2D eigenvalue weighted by molar-refractivity contribution is 8.13. The van der Waals surface area contributed by atoms with Crippen LogP contribution in [0, 0.1) is 11.7 Å². The van der Waals surface area contributed by atoms with Crippen molar-refractivity contribution in [2.45, 2.75) is 37.1 Å². The second kappa shape index (κ2) is 6.10. The molecule has 0 aromatic heterocycles. The Kier molecular flexibility index (Phi) is 4.80. The molecule has 1 N–H and O–H groups in total. The molecule has 0 bridgehead atoms. The van der Waals surface area contributed by atoms with Crippen LogP contribution < -0.4 is 5.32 Å². The summed E-state index contributed by atoms with van der Waals surface area (Å²) in [4.78, 5) is 11.3. The first-order chi connectivity index (χ1) is 9.74. The molecule has 1 aliphatic rings. The van der Waals surface area contributed by atoms with Gasteiger partial charge < -0.3 is 5.32 Å². The smallest absolute Gasteiger partial charge is 0.264 e. The zero-order valence-corrected chi connectivity index (χ0v) is 13.5. The van der Waals surface area contributed by atoms with Crippen molar-refractivity contribution in [1.82, 2.24) is 5.32 Å². The Morgan fingerprint density at radius 2 is 2.14 bits per heavy atom. The third-order valence-electron chi connectivity index (χ3n) is 3.43. The Hall–Kier alpha value is -0.850. The predicted octanol–water partition coefficient (Wildman–Crippen LogP) is 3.33. The summed E-state index contributed by atoms with van der Waals surface area (Å²) in [6.07, 6.45) is 2.94. The van der Waals surface area contributed by atoms with Gasteiger partial charge in [-0.15, -0.1) is 0 Å². The van der Waals surface area contributed by atoms with Crippen molar-refractivity contribution in [2.75, 3.05) is 0 Å². The molecule has 1 aliphatic carbocycles. The first kappa shape index (κ1) is 16.5. The lowest BCUT2D eigenvalue weighted by Gasteiger charge is -2.08. The van der Waals surface area contributed by atoms with E-state index in [1.807, 2.05) is 0 Å². The van der Waals surface area contributed by atoms with Crippen molar-refractivity contribution in [3.05, 3.63) is 28.5 Å². The van der Waals surface area contributed by atoms with Crippen molar-refractivity contribution < 1.29 is 17.6 Å². The Labute approximate surface area is 132 Å². The van der Waals surface area contributed by atoms with Crippen LogP contribution in [0.4, 0.5) is 4.39 Å². The molecule has 2 rings (SSSR count). The van der Waals surface area contributed by atoms with Crippen molar-refractivity contribution in [2.24, 2.45) is 5.92 Å². The normalized spacial score (nSPS) is 21.1. The van der Waals surface area contributed by atoms with E-state index in [9.17, 15) is 17.6 Å². The molecule has 1 saturated carbocycles. The monoisotopic (exact) mass is 353 g/mol. The molecule has 0 heterocycles. The molecule has 0 aliphatic heterocycles.